The number of rotatable bonds is 22. The van der Waals surface area contributed by atoms with E-state index in [2.05, 4.69) is 26.6 Å². The first-order chi connectivity index (χ1) is 32.4. The Balaban J connectivity index is 0.987. The summed E-state index contributed by atoms with van der Waals surface area (Å²) in [7, 11) is 0. The Hall–Kier alpha value is -6.96. The van der Waals surface area contributed by atoms with Gasteiger partial charge in [0, 0.05) is 68.1 Å². The van der Waals surface area contributed by atoms with Gasteiger partial charge in [0.1, 0.15) is 24.3 Å². The van der Waals surface area contributed by atoms with Crippen LogP contribution in [-0.4, -0.2) is 107 Å². The highest BCUT2D eigenvalue weighted by Crippen LogP contribution is 2.43. The average Bonchev–Trinajstić information content (AvgIpc) is 3.96. The number of carboxylic acid groups (broad SMARTS) is 1. The predicted molar refractivity (Wildman–Crippen MR) is 252 cm³/mol. The van der Waals surface area contributed by atoms with Gasteiger partial charge in [0.2, 0.25) is 23.2 Å². The van der Waals surface area contributed by atoms with Crippen LogP contribution in [0.25, 0.3) is 10.9 Å². The van der Waals surface area contributed by atoms with E-state index in [1.165, 1.54) is 18.3 Å². The number of nitrogens with zero attached hydrogens (tertiary/aromatic N) is 3. The average molecular weight is 960 g/mol. The lowest BCUT2D eigenvalue weighted by Gasteiger charge is -2.25. The Kier molecular flexibility index (Phi) is 16.8. The number of hydrogen-bond donors (Lipinski definition) is 7. The Morgan fingerprint density at radius 1 is 0.926 bits per heavy atom. The molecule has 0 bridgehead atoms. The van der Waals surface area contributed by atoms with Gasteiger partial charge in [-0.25, -0.2) is 14.4 Å². The third kappa shape index (κ3) is 12.9. The van der Waals surface area contributed by atoms with Crippen molar-refractivity contribution < 1.29 is 48.2 Å². The fourth-order valence-electron chi connectivity index (χ4n) is 8.34. The zero-order valence-corrected chi connectivity index (χ0v) is 39.0. The lowest BCUT2D eigenvalue weighted by molar-refractivity contribution is -0.137. The predicted octanol–water partition coefficient (Wildman–Crippen LogP) is 4.00. The summed E-state index contributed by atoms with van der Waals surface area (Å²) < 4.78 is 7.32. The highest BCUT2D eigenvalue weighted by atomic mass is 35.5. The monoisotopic (exact) mass is 959 g/mol. The minimum absolute atomic E-state index is 0.0546. The molecule has 1 saturated heterocycles. The first kappa shape index (κ1) is 50.5. The van der Waals surface area contributed by atoms with E-state index < -0.39 is 47.4 Å². The molecule has 0 spiro atoms. The van der Waals surface area contributed by atoms with Crippen molar-refractivity contribution in [2.75, 3.05) is 36.4 Å². The molecule has 3 aliphatic rings. The van der Waals surface area contributed by atoms with Gasteiger partial charge in [-0.3, -0.25) is 33.7 Å². The van der Waals surface area contributed by atoms with E-state index >= 15 is 0 Å². The Morgan fingerprint density at radius 2 is 1.63 bits per heavy atom. The fourth-order valence-corrected chi connectivity index (χ4v) is 8.80. The third-order valence-electron chi connectivity index (χ3n) is 12.1. The molecule has 68 heavy (non-hydrogen) atoms. The Bertz CT molecular complexity index is 2520. The van der Waals surface area contributed by atoms with Crippen molar-refractivity contribution in [1.82, 2.24) is 30.7 Å². The van der Waals surface area contributed by atoms with Gasteiger partial charge in [-0.1, -0.05) is 44.0 Å². The van der Waals surface area contributed by atoms with Crippen molar-refractivity contribution in [3.05, 3.63) is 80.6 Å². The zero-order chi connectivity index (χ0) is 49.2. The fraction of sp³-hybridized carbons (Fsp3) is 0.468. The lowest BCUT2D eigenvalue weighted by atomic mass is 10.0. The molecule has 8 N–H and O–H groups in total. The van der Waals surface area contributed by atoms with Crippen molar-refractivity contribution in [1.29, 1.82) is 0 Å². The highest BCUT2D eigenvalue weighted by molar-refractivity contribution is 6.38. The van der Waals surface area contributed by atoms with E-state index in [0.717, 1.165) is 17.7 Å². The number of halogens is 1. The van der Waals surface area contributed by atoms with Crippen molar-refractivity contribution >= 4 is 81.5 Å². The minimum atomic E-state index is -1.29. The van der Waals surface area contributed by atoms with Gasteiger partial charge < -0.3 is 51.6 Å². The molecule has 3 atom stereocenters. The largest absolute Gasteiger partial charge is 0.477 e. The number of ether oxygens (including phenoxy) is 1. The summed E-state index contributed by atoms with van der Waals surface area (Å²) in [5.41, 5.74) is 7.25. The maximum atomic E-state index is 13.6. The van der Waals surface area contributed by atoms with E-state index in [0.29, 0.717) is 78.2 Å². The van der Waals surface area contributed by atoms with Gasteiger partial charge in [-0.05, 0) is 87.1 Å². The molecule has 2 aliphatic heterocycles. The number of alkyl carbamates (subject to hydrolysis) is 1. The molecular formula is C47H58ClN9O11. The van der Waals surface area contributed by atoms with Crippen LogP contribution in [-0.2, 0) is 35.3 Å². The number of carboxylic acids is 1. The number of carbonyl (C=O) groups is 8. The highest BCUT2D eigenvalue weighted by Gasteiger charge is 2.33. The summed E-state index contributed by atoms with van der Waals surface area (Å²) in [5, 5.41) is 24.0. The molecule has 0 radical (unpaired) electrons. The first-order valence-electron chi connectivity index (χ1n) is 22.8. The number of urea groups is 1. The van der Waals surface area contributed by atoms with Crippen molar-refractivity contribution in [3.8, 4) is 0 Å². The van der Waals surface area contributed by atoms with Gasteiger partial charge in [0.05, 0.1) is 22.3 Å². The number of aryl methyl sites for hydroxylation is 1. The van der Waals surface area contributed by atoms with Crippen LogP contribution in [0.15, 0.2) is 53.5 Å². The summed E-state index contributed by atoms with van der Waals surface area (Å²) >= 11 is 7.02. The number of amides is 8. The molecule has 8 amide bonds. The number of aromatic nitrogens is 1. The SMILES string of the molecule is Cc1cc2c(=O)c(C(=O)O)cn(C3CC3)c2c(Cl)c1N1CCC(NC(=O)OCc2ccc(NC(=O)C(CCCNC(N)=O)NC(=O)C(NC(=O)CCCCCN3C(=O)C=CC3=O)C(C)C)cc2)C1. The van der Waals surface area contributed by atoms with Gasteiger partial charge in [0.25, 0.3) is 11.8 Å². The van der Waals surface area contributed by atoms with E-state index in [9.17, 15) is 48.3 Å². The topological polar surface area (TPSA) is 281 Å². The van der Waals surface area contributed by atoms with Crippen LogP contribution in [0.2, 0.25) is 5.02 Å². The number of nitrogens with two attached hydrogens (primary N) is 1. The summed E-state index contributed by atoms with van der Waals surface area (Å²) in [6.07, 6.45) is 7.57. The second-order valence-electron chi connectivity index (χ2n) is 17.7. The zero-order valence-electron chi connectivity index (χ0n) is 38.2. The molecule has 21 heteroatoms. The standard InChI is InChI=1S/C47H58ClN9O11/c1-26(2)39(54-35(58)9-5-4-6-20-56-36(59)16-17-37(56)60)44(63)53-34(8-7-19-50-46(49)66)43(62)51-29-12-10-28(11-13-29)25-68-47(67)52-30-18-21-55(23-30)40-27(3)22-32-41(38(40)48)57(31-14-15-31)24-33(42(32)61)45(64)65/h10-13,16-17,22,24,26,30-31,34,39H,4-9,14-15,18-21,23,25H2,1-3H3,(H,51,62)(H,52,67)(H,53,63)(H,54,58)(H,64,65)(H3,49,50,66). The van der Waals surface area contributed by atoms with Crippen LogP contribution in [0.1, 0.15) is 99.2 Å². The number of aromatic carboxylic acids is 1. The van der Waals surface area contributed by atoms with Gasteiger partial charge in [0.15, 0.2) is 0 Å². The van der Waals surface area contributed by atoms with Crippen LogP contribution >= 0.6 is 11.6 Å². The van der Waals surface area contributed by atoms with E-state index in [4.69, 9.17) is 22.1 Å². The van der Waals surface area contributed by atoms with Crippen LogP contribution in [0.3, 0.4) is 0 Å². The molecule has 1 saturated carbocycles. The molecule has 3 heterocycles. The number of anilines is 2. The smallest absolute Gasteiger partial charge is 0.407 e. The van der Waals surface area contributed by atoms with Crippen molar-refractivity contribution in [2.24, 2.45) is 11.7 Å². The first-order valence-corrected chi connectivity index (χ1v) is 23.2. The number of fused-ring (bicyclic) bond motifs is 1. The van der Waals surface area contributed by atoms with E-state index in [1.807, 2.05) is 11.8 Å². The molecular weight excluding hydrogens is 902 g/mol. The number of carbonyl (C=O) groups excluding carboxylic acids is 7. The number of hydrogen-bond acceptors (Lipinski definition) is 11. The number of nitrogens with one attached hydrogen (secondary N) is 5. The molecule has 20 nitrogen and oxygen atoms in total. The summed E-state index contributed by atoms with van der Waals surface area (Å²) in [6, 6.07) is 5.28. The van der Waals surface area contributed by atoms with Crippen LogP contribution in [0.4, 0.5) is 21.0 Å². The molecule has 1 aromatic heterocycles. The Labute approximate surface area is 397 Å². The van der Waals surface area contributed by atoms with Crippen molar-refractivity contribution in [3.63, 3.8) is 0 Å². The maximum absolute atomic E-state index is 13.6. The van der Waals surface area contributed by atoms with E-state index in [-0.39, 0.29) is 79.2 Å². The molecule has 364 valence electrons. The molecule has 2 fully saturated rings. The number of primary amides is 1. The molecule has 3 aromatic rings. The number of pyridine rings is 1. The summed E-state index contributed by atoms with van der Waals surface area (Å²) in [6.45, 7) is 6.64. The molecule has 1 aliphatic carbocycles. The Morgan fingerprint density at radius 3 is 2.28 bits per heavy atom. The summed E-state index contributed by atoms with van der Waals surface area (Å²) in [4.78, 5) is 116. The lowest BCUT2D eigenvalue weighted by Crippen LogP contribution is -2.54. The van der Waals surface area contributed by atoms with Crippen LogP contribution < -0.4 is 42.6 Å². The summed E-state index contributed by atoms with van der Waals surface area (Å²) in [5.74, 6) is -3.84. The van der Waals surface area contributed by atoms with Crippen LogP contribution in [0.5, 0.6) is 0 Å². The molecule has 2 aromatic carbocycles. The van der Waals surface area contributed by atoms with E-state index in [1.54, 1.807) is 48.7 Å². The quantitative estimate of drug-likeness (QED) is 0.0556. The van der Waals surface area contributed by atoms with Gasteiger partial charge >= 0.3 is 18.1 Å². The molecule has 3 unspecified atom stereocenters. The van der Waals surface area contributed by atoms with Crippen LogP contribution in [0, 0.1) is 12.8 Å². The van der Waals surface area contributed by atoms with Gasteiger partial charge in [-0.2, -0.15) is 0 Å². The maximum Gasteiger partial charge on any atom is 0.407 e. The number of unbranched alkanes of at least 4 members (excludes halogenated alkanes) is 2. The molecule has 6 rings (SSSR count). The third-order valence-corrected chi connectivity index (χ3v) is 12.4. The normalized spacial score (nSPS) is 16.5. The van der Waals surface area contributed by atoms with Crippen molar-refractivity contribution in [2.45, 2.75) is 109 Å². The second-order valence-corrected chi connectivity index (χ2v) is 18.0. The van der Waals surface area contributed by atoms with Gasteiger partial charge in [-0.15, -0.1) is 0 Å². The minimum Gasteiger partial charge on any atom is -0.477 e. The number of imide groups is 1. The second kappa shape index (κ2) is 22.7. The number of benzene rings is 2.